The summed E-state index contributed by atoms with van der Waals surface area (Å²) in [5.74, 6) is 0.982. The van der Waals surface area contributed by atoms with Crippen LogP contribution in [0.4, 0.5) is 5.69 Å². The Labute approximate surface area is 118 Å². The van der Waals surface area contributed by atoms with Crippen LogP contribution in [0.25, 0.3) is 0 Å². The molecule has 0 bridgehead atoms. The summed E-state index contributed by atoms with van der Waals surface area (Å²) in [5, 5.41) is 3.31. The van der Waals surface area contributed by atoms with Crippen LogP contribution in [-0.2, 0) is 19.4 Å². The molecule has 0 unspecified atom stereocenters. The number of Topliss-reactive ketones (excluding diaryl/α,β-unsaturated/α-hetero) is 1. The van der Waals surface area contributed by atoms with Crippen molar-refractivity contribution in [2.24, 2.45) is 0 Å². The van der Waals surface area contributed by atoms with Gasteiger partial charge in [-0.2, -0.15) is 0 Å². The minimum Gasteiger partial charge on any atom is -0.384 e. The van der Waals surface area contributed by atoms with Crippen LogP contribution in [0, 0.1) is 0 Å². The third-order valence-electron chi connectivity index (χ3n) is 3.73. The number of nitrogens with one attached hydrogen (secondary N) is 1. The van der Waals surface area contributed by atoms with Crippen LogP contribution in [0.2, 0.25) is 0 Å². The summed E-state index contributed by atoms with van der Waals surface area (Å²) >= 11 is 0. The highest BCUT2D eigenvalue weighted by molar-refractivity contribution is 5.98. The van der Waals surface area contributed by atoms with Crippen molar-refractivity contribution in [2.45, 2.75) is 32.7 Å². The average Bonchev–Trinajstić information content (AvgIpc) is 3.07. The second-order valence-electron chi connectivity index (χ2n) is 5.19. The van der Waals surface area contributed by atoms with Gasteiger partial charge in [0.2, 0.25) is 0 Å². The molecule has 104 valence electrons. The summed E-state index contributed by atoms with van der Waals surface area (Å²) in [6, 6.07) is 5.96. The van der Waals surface area contributed by atoms with Crippen molar-refractivity contribution in [3.05, 3.63) is 47.5 Å². The number of anilines is 1. The molecule has 4 nitrogen and oxygen atoms in total. The van der Waals surface area contributed by atoms with Gasteiger partial charge in [0.25, 0.3) is 0 Å². The fraction of sp³-hybridized carbons (Fsp3) is 0.375. The normalized spacial score (nSPS) is 13.1. The second-order valence-corrected chi connectivity index (χ2v) is 5.19. The smallest absolute Gasteiger partial charge is 0.170 e. The van der Waals surface area contributed by atoms with Crippen LogP contribution in [-0.4, -0.2) is 21.9 Å². The lowest BCUT2D eigenvalue weighted by molar-refractivity contribution is 0.0989. The molecule has 1 N–H and O–H groups in total. The van der Waals surface area contributed by atoms with Gasteiger partial charge in [-0.3, -0.25) is 4.79 Å². The summed E-state index contributed by atoms with van der Waals surface area (Å²) in [6.45, 7) is 4.00. The van der Waals surface area contributed by atoms with Crippen molar-refractivity contribution in [1.82, 2.24) is 9.55 Å². The Bertz CT molecular complexity index is 630. The quantitative estimate of drug-likeness (QED) is 0.849. The predicted octanol–water partition coefficient (Wildman–Crippen LogP) is 2.69. The minimum absolute atomic E-state index is 0.130. The van der Waals surface area contributed by atoms with Crippen LogP contribution in [0.15, 0.2) is 30.6 Å². The van der Waals surface area contributed by atoms with Gasteiger partial charge in [0.05, 0.1) is 6.42 Å². The minimum atomic E-state index is 0.130. The third kappa shape index (κ3) is 2.46. The first-order valence-corrected chi connectivity index (χ1v) is 7.18. The number of fused-ring (bicyclic) bond motifs is 1. The van der Waals surface area contributed by atoms with Crippen molar-refractivity contribution >= 4 is 11.5 Å². The number of aromatic nitrogens is 2. The molecule has 1 aliphatic rings. The van der Waals surface area contributed by atoms with E-state index in [1.807, 2.05) is 18.3 Å². The van der Waals surface area contributed by atoms with E-state index in [4.69, 9.17) is 0 Å². The number of aryl methyl sites for hydroxylation is 1. The molecule has 0 spiro atoms. The number of benzene rings is 1. The molecule has 3 rings (SSSR count). The molecular formula is C16H19N3O. The molecule has 0 fully saturated rings. The summed E-state index contributed by atoms with van der Waals surface area (Å²) in [7, 11) is 0. The first-order valence-electron chi connectivity index (χ1n) is 7.18. The highest BCUT2D eigenvalue weighted by Crippen LogP contribution is 2.23. The fourth-order valence-corrected chi connectivity index (χ4v) is 2.66. The molecule has 0 aliphatic carbocycles. The number of carbonyl (C=O) groups is 1. The zero-order valence-electron chi connectivity index (χ0n) is 11.7. The van der Waals surface area contributed by atoms with E-state index in [0.29, 0.717) is 6.42 Å². The van der Waals surface area contributed by atoms with E-state index in [0.717, 1.165) is 43.0 Å². The first-order chi connectivity index (χ1) is 9.78. The van der Waals surface area contributed by atoms with E-state index in [9.17, 15) is 4.79 Å². The lowest BCUT2D eigenvalue weighted by Gasteiger charge is -2.07. The van der Waals surface area contributed by atoms with Gasteiger partial charge >= 0.3 is 0 Å². The molecule has 2 aromatic rings. The van der Waals surface area contributed by atoms with Gasteiger partial charge in [0.15, 0.2) is 5.78 Å². The fourth-order valence-electron chi connectivity index (χ4n) is 2.66. The van der Waals surface area contributed by atoms with Crippen LogP contribution in [0.5, 0.6) is 0 Å². The van der Waals surface area contributed by atoms with E-state index >= 15 is 0 Å². The SMILES string of the molecule is CCCn1ccnc1CC(=O)c1ccc2c(c1)NCC2. The molecule has 0 amide bonds. The zero-order chi connectivity index (χ0) is 13.9. The largest absolute Gasteiger partial charge is 0.384 e. The van der Waals surface area contributed by atoms with Crippen molar-refractivity contribution in [2.75, 3.05) is 11.9 Å². The van der Waals surface area contributed by atoms with Crippen molar-refractivity contribution < 1.29 is 4.79 Å². The number of imidazole rings is 1. The summed E-state index contributed by atoms with van der Waals surface area (Å²) in [6.07, 6.45) is 6.16. The molecular weight excluding hydrogens is 250 g/mol. The first kappa shape index (κ1) is 12.9. The Balaban J connectivity index is 1.77. The maximum absolute atomic E-state index is 12.4. The predicted molar refractivity (Wildman–Crippen MR) is 79.2 cm³/mol. The van der Waals surface area contributed by atoms with Gasteiger partial charge in [-0.05, 0) is 24.5 Å². The lowest BCUT2D eigenvalue weighted by Crippen LogP contribution is -2.10. The van der Waals surface area contributed by atoms with Crippen molar-refractivity contribution in [1.29, 1.82) is 0 Å². The maximum atomic E-state index is 12.4. The molecule has 4 heteroatoms. The topological polar surface area (TPSA) is 46.9 Å². The highest BCUT2D eigenvalue weighted by atomic mass is 16.1. The van der Waals surface area contributed by atoms with Crippen LogP contribution in [0.3, 0.4) is 0 Å². The van der Waals surface area contributed by atoms with E-state index in [-0.39, 0.29) is 5.78 Å². The molecule has 1 aromatic heterocycles. The Morgan fingerprint density at radius 2 is 2.35 bits per heavy atom. The Morgan fingerprint density at radius 3 is 3.20 bits per heavy atom. The number of hydrogen-bond acceptors (Lipinski definition) is 3. The van der Waals surface area contributed by atoms with Crippen LogP contribution >= 0.6 is 0 Å². The Kier molecular flexibility index (Phi) is 3.54. The monoisotopic (exact) mass is 269 g/mol. The Morgan fingerprint density at radius 1 is 1.45 bits per heavy atom. The number of carbonyl (C=O) groups excluding carboxylic acids is 1. The number of ketones is 1. The average molecular weight is 269 g/mol. The summed E-state index contributed by atoms with van der Waals surface area (Å²) in [5.41, 5.74) is 3.17. The number of nitrogens with zero attached hydrogens (tertiary/aromatic N) is 2. The zero-order valence-corrected chi connectivity index (χ0v) is 11.7. The number of rotatable bonds is 5. The van der Waals surface area contributed by atoms with Crippen LogP contribution < -0.4 is 5.32 Å². The van der Waals surface area contributed by atoms with E-state index < -0.39 is 0 Å². The van der Waals surface area contributed by atoms with Gasteiger partial charge in [0.1, 0.15) is 5.82 Å². The summed E-state index contributed by atoms with van der Waals surface area (Å²) < 4.78 is 2.06. The van der Waals surface area contributed by atoms with Gasteiger partial charge in [-0.15, -0.1) is 0 Å². The van der Waals surface area contributed by atoms with Gasteiger partial charge < -0.3 is 9.88 Å². The second kappa shape index (κ2) is 5.49. The molecule has 0 radical (unpaired) electrons. The summed E-state index contributed by atoms with van der Waals surface area (Å²) in [4.78, 5) is 16.7. The molecule has 1 aromatic carbocycles. The third-order valence-corrected chi connectivity index (χ3v) is 3.73. The maximum Gasteiger partial charge on any atom is 0.170 e. The van der Waals surface area contributed by atoms with E-state index in [1.54, 1.807) is 6.20 Å². The standard InChI is InChI=1S/C16H19N3O/c1-2-8-19-9-7-18-16(19)11-15(20)13-4-3-12-5-6-17-14(12)10-13/h3-4,7,9-10,17H,2,5-6,8,11H2,1H3. The molecule has 0 saturated carbocycles. The highest BCUT2D eigenvalue weighted by Gasteiger charge is 2.15. The van der Waals surface area contributed by atoms with Crippen molar-refractivity contribution in [3.8, 4) is 0 Å². The van der Waals surface area contributed by atoms with E-state index in [2.05, 4.69) is 27.9 Å². The van der Waals surface area contributed by atoms with Crippen LogP contribution in [0.1, 0.15) is 35.1 Å². The van der Waals surface area contributed by atoms with E-state index in [1.165, 1.54) is 5.56 Å². The Hall–Kier alpha value is -2.10. The molecule has 0 saturated heterocycles. The van der Waals surface area contributed by atoms with Crippen molar-refractivity contribution in [3.63, 3.8) is 0 Å². The van der Waals surface area contributed by atoms with Gasteiger partial charge in [0, 0.05) is 36.7 Å². The van der Waals surface area contributed by atoms with Gasteiger partial charge in [-0.25, -0.2) is 4.98 Å². The van der Waals surface area contributed by atoms with Gasteiger partial charge in [-0.1, -0.05) is 19.1 Å². The molecule has 2 heterocycles. The molecule has 0 atom stereocenters. The molecule has 20 heavy (non-hydrogen) atoms. The molecule has 1 aliphatic heterocycles. The lowest BCUT2D eigenvalue weighted by atomic mass is 10.0. The number of hydrogen-bond donors (Lipinski definition) is 1.